The topological polar surface area (TPSA) is 98.8 Å². The number of hydrogen-bond donors (Lipinski definition) is 2. The molecular formula is C20H21N3O5. The molecule has 1 aromatic heterocycles. The minimum absolute atomic E-state index is 0.0603. The summed E-state index contributed by atoms with van der Waals surface area (Å²) in [6.07, 6.45) is 4.90. The second kappa shape index (κ2) is 8.26. The van der Waals surface area contributed by atoms with Crippen molar-refractivity contribution in [2.45, 2.75) is 25.5 Å². The van der Waals surface area contributed by atoms with Crippen molar-refractivity contribution in [3.05, 3.63) is 53.3 Å². The summed E-state index contributed by atoms with van der Waals surface area (Å²) in [5, 5.41) is 5.65. The average molecular weight is 383 g/mol. The van der Waals surface area contributed by atoms with Crippen molar-refractivity contribution < 1.29 is 23.8 Å². The lowest BCUT2D eigenvalue weighted by atomic mass is 10.1. The van der Waals surface area contributed by atoms with Crippen LogP contribution >= 0.6 is 0 Å². The van der Waals surface area contributed by atoms with Crippen LogP contribution < -0.4 is 20.1 Å². The zero-order valence-electron chi connectivity index (χ0n) is 15.3. The van der Waals surface area contributed by atoms with Gasteiger partial charge in [0.2, 0.25) is 6.79 Å². The van der Waals surface area contributed by atoms with E-state index in [-0.39, 0.29) is 24.7 Å². The third-order valence-electron chi connectivity index (χ3n) is 4.67. The van der Waals surface area contributed by atoms with E-state index >= 15 is 0 Å². The summed E-state index contributed by atoms with van der Waals surface area (Å²) in [6.45, 7) is 1.73. The molecule has 0 radical (unpaired) electrons. The fraction of sp³-hybridized carbons (Fsp3) is 0.350. The first-order chi connectivity index (χ1) is 13.7. The van der Waals surface area contributed by atoms with Crippen molar-refractivity contribution >= 4 is 11.8 Å². The van der Waals surface area contributed by atoms with Crippen molar-refractivity contribution in [2.75, 3.05) is 19.9 Å². The van der Waals surface area contributed by atoms with Crippen LogP contribution in [-0.4, -0.2) is 42.8 Å². The molecule has 0 saturated carbocycles. The Bertz CT molecular complexity index is 880. The van der Waals surface area contributed by atoms with Gasteiger partial charge >= 0.3 is 0 Å². The minimum atomic E-state index is -0.307. The lowest BCUT2D eigenvalue weighted by Crippen LogP contribution is -2.32. The highest BCUT2D eigenvalue weighted by Gasteiger charge is 2.18. The molecule has 1 aromatic carbocycles. The first kappa shape index (κ1) is 18.2. The highest BCUT2D eigenvalue weighted by atomic mass is 16.7. The number of hydrogen-bond acceptors (Lipinski definition) is 6. The van der Waals surface area contributed by atoms with Gasteiger partial charge in [0.15, 0.2) is 11.5 Å². The van der Waals surface area contributed by atoms with E-state index in [1.807, 2.05) is 18.2 Å². The van der Waals surface area contributed by atoms with E-state index in [0.29, 0.717) is 35.7 Å². The van der Waals surface area contributed by atoms with Crippen LogP contribution in [0.15, 0.2) is 36.7 Å². The van der Waals surface area contributed by atoms with Gasteiger partial charge in [0, 0.05) is 32.1 Å². The van der Waals surface area contributed by atoms with E-state index < -0.39 is 0 Å². The van der Waals surface area contributed by atoms with E-state index in [2.05, 4.69) is 15.6 Å². The summed E-state index contributed by atoms with van der Waals surface area (Å²) in [5.74, 6) is 0.784. The van der Waals surface area contributed by atoms with Crippen LogP contribution in [0.3, 0.4) is 0 Å². The first-order valence-corrected chi connectivity index (χ1v) is 9.20. The summed E-state index contributed by atoms with van der Waals surface area (Å²) < 4.78 is 16.1. The molecule has 0 bridgehead atoms. The molecule has 8 heteroatoms. The highest BCUT2D eigenvalue weighted by molar-refractivity contribution is 5.99. The summed E-state index contributed by atoms with van der Waals surface area (Å²) in [4.78, 5) is 28.8. The second-order valence-corrected chi connectivity index (χ2v) is 6.68. The van der Waals surface area contributed by atoms with Crippen LogP contribution in [-0.2, 0) is 11.3 Å². The molecular weight excluding hydrogens is 362 g/mol. The van der Waals surface area contributed by atoms with Gasteiger partial charge in [-0.1, -0.05) is 6.07 Å². The van der Waals surface area contributed by atoms with Gasteiger partial charge in [-0.25, -0.2) is 0 Å². The molecule has 0 aliphatic carbocycles. The molecule has 0 spiro atoms. The molecule has 2 amide bonds. The van der Waals surface area contributed by atoms with Crippen LogP contribution in [0, 0.1) is 0 Å². The molecule has 2 aliphatic heterocycles. The molecule has 1 atom stereocenters. The Labute approximate surface area is 162 Å². The van der Waals surface area contributed by atoms with E-state index in [9.17, 15) is 9.59 Å². The molecule has 1 saturated heterocycles. The number of aromatic nitrogens is 1. The van der Waals surface area contributed by atoms with Crippen LogP contribution in [0.25, 0.3) is 0 Å². The smallest absolute Gasteiger partial charge is 0.253 e. The molecule has 2 aliphatic rings. The first-order valence-electron chi connectivity index (χ1n) is 9.20. The molecule has 2 N–H and O–H groups in total. The highest BCUT2D eigenvalue weighted by Crippen LogP contribution is 2.32. The third kappa shape index (κ3) is 4.23. The number of pyridine rings is 1. The maximum Gasteiger partial charge on any atom is 0.253 e. The zero-order chi connectivity index (χ0) is 19.3. The van der Waals surface area contributed by atoms with Gasteiger partial charge in [0.1, 0.15) is 0 Å². The lowest BCUT2D eigenvalue weighted by molar-refractivity contribution is 0.0857. The van der Waals surface area contributed by atoms with Gasteiger partial charge in [0.25, 0.3) is 11.8 Å². The molecule has 1 unspecified atom stereocenters. The molecule has 3 heterocycles. The molecule has 4 rings (SSSR count). The minimum Gasteiger partial charge on any atom is -0.454 e. The quantitative estimate of drug-likeness (QED) is 0.787. The second-order valence-electron chi connectivity index (χ2n) is 6.68. The number of fused-ring (bicyclic) bond motifs is 1. The summed E-state index contributed by atoms with van der Waals surface area (Å²) in [5.41, 5.74) is 1.55. The Balaban J connectivity index is 1.33. The Morgan fingerprint density at radius 2 is 1.82 bits per heavy atom. The van der Waals surface area contributed by atoms with Crippen molar-refractivity contribution in [1.29, 1.82) is 0 Å². The van der Waals surface area contributed by atoms with E-state index in [4.69, 9.17) is 14.2 Å². The molecule has 2 aromatic rings. The maximum absolute atomic E-state index is 12.4. The largest absolute Gasteiger partial charge is 0.454 e. The summed E-state index contributed by atoms with van der Waals surface area (Å²) >= 11 is 0. The van der Waals surface area contributed by atoms with Gasteiger partial charge in [-0.15, -0.1) is 0 Å². The number of carbonyl (C=O) groups excluding carboxylic acids is 2. The van der Waals surface area contributed by atoms with Crippen molar-refractivity contribution in [2.24, 2.45) is 0 Å². The van der Waals surface area contributed by atoms with Gasteiger partial charge < -0.3 is 24.8 Å². The SMILES string of the molecule is O=C(NCc1ccc2c(c1)OCO2)c1cncc(C(=O)NCC2CCCO2)c1. The number of amides is 2. The number of rotatable bonds is 6. The summed E-state index contributed by atoms with van der Waals surface area (Å²) in [7, 11) is 0. The number of nitrogens with one attached hydrogen (secondary N) is 2. The normalized spacial score (nSPS) is 17.4. The van der Waals surface area contributed by atoms with E-state index in [1.165, 1.54) is 18.5 Å². The van der Waals surface area contributed by atoms with Crippen molar-refractivity contribution in [3.63, 3.8) is 0 Å². The van der Waals surface area contributed by atoms with E-state index in [1.54, 1.807) is 0 Å². The lowest BCUT2D eigenvalue weighted by Gasteiger charge is -2.11. The molecule has 146 valence electrons. The van der Waals surface area contributed by atoms with Crippen LogP contribution in [0.1, 0.15) is 39.1 Å². The summed E-state index contributed by atoms with van der Waals surface area (Å²) in [6, 6.07) is 7.04. The van der Waals surface area contributed by atoms with E-state index in [0.717, 1.165) is 25.0 Å². The Morgan fingerprint density at radius 1 is 1.04 bits per heavy atom. The van der Waals surface area contributed by atoms with Gasteiger partial charge in [-0.05, 0) is 36.6 Å². The molecule has 28 heavy (non-hydrogen) atoms. The van der Waals surface area contributed by atoms with Gasteiger partial charge in [-0.3, -0.25) is 14.6 Å². The van der Waals surface area contributed by atoms with Gasteiger partial charge in [0.05, 0.1) is 17.2 Å². The van der Waals surface area contributed by atoms with Gasteiger partial charge in [-0.2, -0.15) is 0 Å². The average Bonchev–Trinajstić information content (AvgIpc) is 3.41. The van der Waals surface area contributed by atoms with Crippen molar-refractivity contribution in [3.8, 4) is 11.5 Å². The fourth-order valence-corrected chi connectivity index (χ4v) is 3.14. The molecule has 8 nitrogen and oxygen atoms in total. The third-order valence-corrected chi connectivity index (χ3v) is 4.67. The maximum atomic E-state index is 12.4. The monoisotopic (exact) mass is 383 g/mol. The number of benzene rings is 1. The molecule has 1 fully saturated rings. The van der Waals surface area contributed by atoms with Crippen LogP contribution in [0.4, 0.5) is 0 Å². The standard InChI is InChI=1S/C20H21N3O5/c24-19(22-8-13-3-4-17-18(6-13)28-12-27-17)14-7-15(10-21-9-14)20(25)23-11-16-2-1-5-26-16/h3-4,6-7,9-10,16H,1-2,5,8,11-12H2,(H,22,24)(H,23,25). The number of nitrogens with zero attached hydrogens (tertiary/aromatic N) is 1. The van der Waals surface area contributed by atoms with Crippen LogP contribution in [0.2, 0.25) is 0 Å². The zero-order valence-corrected chi connectivity index (χ0v) is 15.3. The predicted octanol–water partition coefficient (Wildman–Crippen LogP) is 1.65. The Kier molecular flexibility index (Phi) is 5.38. The fourth-order valence-electron chi connectivity index (χ4n) is 3.14. The Hall–Kier alpha value is -3.13. The number of carbonyl (C=O) groups is 2. The number of ether oxygens (including phenoxy) is 3. The van der Waals surface area contributed by atoms with Crippen molar-refractivity contribution in [1.82, 2.24) is 15.6 Å². The predicted molar refractivity (Wildman–Crippen MR) is 99.3 cm³/mol. The Morgan fingerprint density at radius 3 is 2.61 bits per heavy atom. The van der Waals surface area contributed by atoms with Crippen LogP contribution in [0.5, 0.6) is 11.5 Å².